The maximum atomic E-state index is 12.7. The van der Waals surface area contributed by atoms with E-state index in [0.29, 0.717) is 13.1 Å². The van der Waals surface area contributed by atoms with Crippen LogP contribution in [0, 0.1) is 0 Å². The van der Waals surface area contributed by atoms with E-state index in [-0.39, 0.29) is 18.7 Å². The van der Waals surface area contributed by atoms with Crippen molar-refractivity contribution < 1.29 is 14.3 Å². The highest BCUT2D eigenvalue weighted by atomic mass is 32.1. The zero-order valence-electron chi connectivity index (χ0n) is 16.0. The van der Waals surface area contributed by atoms with E-state index in [9.17, 15) is 4.79 Å². The van der Waals surface area contributed by atoms with E-state index in [2.05, 4.69) is 45.9 Å². The number of ether oxygens (including phenoxy) is 2. The Morgan fingerprint density at radius 3 is 2.86 bits per heavy atom. The van der Waals surface area contributed by atoms with Gasteiger partial charge >= 0.3 is 0 Å². The first-order valence-electron chi connectivity index (χ1n) is 9.78. The molecule has 0 radical (unpaired) electrons. The molecule has 5 rings (SSSR count). The van der Waals surface area contributed by atoms with Gasteiger partial charge in [0, 0.05) is 18.0 Å². The van der Waals surface area contributed by atoms with Gasteiger partial charge in [-0.05, 0) is 46.7 Å². The molecule has 0 saturated heterocycles. The lowest BCUT2D eigenvalue weighted by Gasteiger charge is -2.35. The molecule has 1 atom stereocenters. The van der Waals surface area contributed by atoms with Gasteiger partial charge in [0.25, 0.3) is 0 Å². The van der Waals surface area contributed by atoms with Crippen molar-refractivity contribution in [2.75, 3.05) is 19.9 Å². The number of hydrogen-bond donors (Lipinski definition) is 1. The van der Waals surface area contributed by atoms with Crippen molar-refractivity contribution in [3.05, 3.63) is 81.5 Å². The zero-order chi connectivity index (χ0) is 19.6. The summed E-state index contributed by atoms with van der Waals surface area (Å²) in [6.07, 6.45) is 0.992. The maximum absolute atomic E-state index is 12.7. The second kappa shape index (κ2) is 7.89. The van der Waals surface area contributed by atoms with Crippen molar-refractivity contribution in [1.29, 1.82) is 0 Å². The first kappa shape index (κ1) is 18.2. The van der Waals surface area contributed by atoms with E-state index in [1.54, 1.807) is 0 Å². The van der Waals surface area contributed by atoms with E-state index in [1.807, 2.05) is 35.6 Å². The minimum absolute atomic E-state index is 0.0299. The Hall–Kier alpha value is -2.83. The summed E-state index contributed by atoms with van der Waals surface area (Å²) >= 11 is 1.81. The third kappa shape index (κ3) is 3.73. The van der Waals surface area contributed by atoms with E-state index in [0.717, 1.165) is 30.0 Å². The van der Waals surface area contributed by atoms with Crippen LogP contribution in [0.2, 0.25) is 0 Å². The maximum Gasteiger partial charge on any atom is 0.234 e. The van der Waals surface area contributed by atoms with Crippen LogP contribution >= 0.6 is 11.3 Å². The summed E-state index contributed by atoms with van der Waals surface area (Å²) in [5.74, 6) is 1.52. The van der Waals surface area contributed by atoms with Gasteiger partial charge in [0.05, 0.1) is 12.6 Å². The average molecular weight is 407 g/mol. The second-order valence-corrected chi connectivity index (χ2v) is 8.30. The molecule has 29 heavy (non-hydrogen) atoms. The Balaban J connectivity index is 1.28. The fourth-order valence-electron chi connectivity index (χ4n) is 4.06. The number of amides is 1. The molecule has 2 aliphatic heterocycles. The number of rotatable bonds is 5. The number of fused-ring (bicyclic) bond motifs is 2. The lowest BCUT2D eigenvalue weighted by molar-refractivity contribution is -0.122. The molecule has 0 aliphatic carbocycles. The number of carbonyl (C=O) groups excluding carboxylic acids is 1. The van der Waals surface area contributed by atoms with Crippen LogP contribution < -0.4 is 14.8 Å². The van der Waals surface area contributed by atoms with E-state index >= 15 is 0 Å². The number of benzene rings is 2. The van der Waals surface area contributed by atoms with Crippen LogP contribution in [-0.4, -0.2) is 30.7 Å². The van der Waals surface area contributed by atoms with Crippen molar-refractivity contribution in [3.63, 3.8) is 0 Å². The van der Waals surface area contributed by atoms with E-state index in [1.165, 1.54) is 16.0 Å². The highest BCUT2D eigenvalue weighted by Crippen LogP contribution is 2.37. The monoisotopic (exact) mass is 406 g/mol. The summed E-state index contributed by atoms with van der Waals surface area (Å²) in [6, 6.07) is 18.6. The normalized spacial score (nSPS) is 17.7. The molecule has 1 aromatic heterocycles. The average Bonchev–Trinajstić information content (AvgIpc) is 3.41. The van der Waals surface area contributed by atoms with Crippen LogP contribution in [0.4, 0.5) is 0 Å². The standard InChI is InChI=1S/C23H22N2O3S/c26-22(24-13-16-6-7-19-20(12-16)28-15-27-19)14-25-10-8-21-18(9-11-29-21)23(25)17-4-2-1-3-5-17/h1-7,9,11-12,23H,8,10,13-15H2,(H,24,26)/t23-/m1/s1. The summed E-state index contributed by atoms with van der Waals surface area (Å²) in [5, 5.41) is 5.21. The van der Waals surface area contributed by atoms with Gasteiger partial charge in [-0.1, -0.05) is 36.4 Å². The Kier molecular flexibility index (Phi) is 4.96. The third-order valence-corrected chi connectivity index (χ3v) is 6.45. The van der Waals surface area contributed by atoms with Crippen LogP contribution in [0.1, 0.15) is 27.6 Å². The molecule has 148 valence electrons. The quantitative estimate of drug-likeness (QED) is 0.701. The molecule has 0 spiro atoms. The molecule has 3 heterocycles. The smallest absolute Gasteiger partial charge is 0.234 e. The molecule has 3 aromatic rings. The zero-order valence-corrected chi connectivity index (χ0v) is 16.8. The molecular weight excluding hydrogens is 384 g/mol. The minimum Gasteiger partial charge on any atom is -0.454 e. The highest BCUT2D eigenvalue weighted by Gasteiger charge is 2.30. The Labute approximate surface area is 173 Å². The van der Waals surface area contributed by atoms with Gasteiger partial charge in [-0.3, -0.25) is 9.69 Å². The molecule has 2 aromatic carbocycles. The van der Waals surface area contributed by atoms with Crippen LogP contribution in [0.3, 0.4) is 0 Å². The van der Waals surface area contributed by atoms with Crippen molar-refractivity contribution >= 4 is 17.2 Å². The first-order chi connectivity index (χ1) is 14.3. The Bertz CT molecular complexity index is 1020. The van der Waals surface area contributed by atoms with Crippen molar-refractivity contribution in [2.24, 2.45) is 0 Å². The molecule has 6 heteroatoms. The molecule has 1 amide bonds. The van der Waals surface area contributed by atoms with Gasteiger partial charge in [-0.15, -0.1) is 11.3 Å². The van der Waals surface area contributed by atoms with Crippen molar-refractivity contribution in [1.82, 2.24) is 10.2 Å². The number of thiophene rings is 1. The predicted molar refractivity (Wildman–Crippen MR) is 112 cm³/mol. The molecule has 0 unspecified atom stereocenters. The lowest BCUT2D eigenvalue weighted by Crippen LogP contribution is -2.42. The first-order valence-corrected chi connectivity index (χ1v) is 10.7. The molecule has 5 nitrogen and oxygen atoms in total. The number of nitrogens with one attached hydrogen (secondary N) is 1. The van der Waals surface area contributed by atoms with Crippen LogP contribution in [0.25, 0.3) is 0 Å². The van der Waals surface area contributed by atoms with E-state index < -0.39 is 0 Å². The molecule has 0 bridgehead atoms. The number of hydrogen-bond acceptors (Lipinski definition) is 5. The third-order valence-electron chi connectivity index (χ3n) is 5.45. The van der Waals surface area contributed by atoms with Gasteiger partial charge in [-0.2, -0.15) is 0 Å². The number of nitrogens with zero attached hydrogens (tertiary/aromatic N) is 1. The molecule has 0 saturated carbocycles. The fourth-order valence-corrected chi connectivity index (χ4v) is 4.96. The van der Waals surface area contributed by atoms with Gasteiger partial charge < -0.3 is 14.8 Å². The molecule has 2 aliphatic rings. The van der Waals surface area contributed by atoms with E-state index in [4.69, 9.17) is 9.47 Å². The molecule has 0 fully saturated rings. The largest absolute Gasteiger partial charge is 0.454 e. The summed E-state index contributed by atoms with van der Waals surface area (Å²) in [6.45, 7) is 1.98. The number of carbonyl (C=O) groups is 1. The molecular formula is C23H22N2O3S. The van der Waals surface area contributed by atoms with Crippen LogP contribution in [0.5, 0.6) is 11.5 Å². The van der Waals surface area contributed by atoms with Gasteiger partial charge in [0.15, 0.2) is 11.5 Å². The highest BCUT2D eigenvalue weighted by molar-refractivity contribution is 7.10. The minimum atomic E-state index is 0.0299. The Morgan fingerprint density at radius 2 is 1.97 bits per heavy atom. The van der Waals surface area contributed by atoms with Crippen molar-refractivity contribution in [2.45, 2.75) is 19.0 Å². The second-order valence-electron chi connectivity index (χ2n) is 7.30. The summed E-state index contributed by atoms with van der Waals surface area (Å²) in [5.41, 5.74) is 3.56. The summed E-state index contributed by atoms with van der Waals surface area (Å²) < 4.78 is 10.8. The SMILES string of the molecule is O=C(CN1CCc2sccc2[C@H]1c1ccccc1)NCc1ccc2c(c1)OCO2. The van der Waals surface area contributed by atoms with Gasteiger partial charge in [0.1, 0.15) is 0 Å². The molecule has 1 N–H and O–H groups in total. The summed E-state index contributed by atoms with van der Waals surface area (Å²) in [7, 11) is 0. The Morgan fingerprint density at radius 1 is 1.10 bits per heavy atom. The van der Waals surface area contributed by atoms with Crippen LogP contribution in [-0.2, 0) is 17.8 Å². The van der Waals surface area contributed by atoms with Gasteiger partial charge in [0.2, 0.25) is 12.7 Å². The van der Waals surface area contributed by atoms with Gasteiger partial charge in [-0.25, -0.2) is 0 Å². The fraction of sp³-hybridized carbons (Fsp3) is 0.261. The van der Waals surface area contributed by atoms with Crippen LogP contribution in [0.15, 0.2) is 60.0 Å². The predicted octanol–water partition coefficient (Wildman–Crippen LogP) is 3.74. The lowest BCUT2D eigenvalue weighted by atomic mass is 9.93. The summed E-state index contributed by atoms with van der Waals surface area (Å²) in [4.78, 5) is 16.4. The topological polar surface area (TPSA) is 50.8 Å². The van der Waals surface area contributed by atoms with Crippen molar-refractivity contribution in [3.8, 4) is 11.5 Å².